The largest absolute Gasteiger partial charge is 0.480 e. The fourth-order valence-electron chi connectivity index (χ4n) is 2.30. The minimum Gasteiger partial charge on any atom is -0.480 e. The van der Waals surface area contributed by atoms with Crippen LogP contribution in [0.5, 0.6) is 5.75 Å². The number of anilines is 1. The number of amides is 1. The molecule has 20 heavy (non-hydrogen) atoms. The topological polar surface area (TPSA) is 56.2 Å². The lowest BCUT2D eigenvalue weighted by atomic mass is 10.1. The van der Waals surface area contributed by atoms with Crippen LogP contribution in [0.3, 0.4) is 0 Å². The van der Waals surface area contributed by atoms with Crippen LogP contribution in [0.25, 0.3) is 0 Å². The monoisotopic (exact) mass is 275 g/mol. The van der Waals surface area contributed by atoms with Gasteiger partial charge in [0, 0.05) is 25.2 Å². The average molecular weight is 275 g/mol. The van der Waals surface area contributed by atoms with E-state index in [1.165, 1.54) is 12.1 Å². The smallest absolute Gasteiger partial charge is 0.265 e. The van der Waals surface area contributed by atoms with Gasteiger partial charge in [-0.05, 0) is 25.1 Å². The molecule has 104 valence electrons. The fourth-order valence-corrected chi connectivity index (χ4v) is 2.30. The van der Waals surface area contributed by atoms with Crippen molar-refractivity contribution in [2.24, 2.45) is 7.05 Å². The van der Waals surface area contributed by atoms with E-state index in [-0.39, 0.29) is 11.7 Å². The van der Waals surface area contributed by atoms with E-state index in [2.05, 4.69) is 10.4 Å². The molecule has 6 heteroatoms. The number of aromatic nitrogens is 2. The van der Waals surface area contributed by atoms with Gasteiger partial charge in [0.1, 0.15) is 11.6 Å². The van der Waals surface area contributed by atoms with Crippen LogP contribution in [0.1, 0.15) is 11.3 Å². The minimum atomic E-state index is -0.633. The number of halogens is 1. The average Bonchev–Trinajstić information content (AvgIpc) is 2.92. The zero-order chi connectivity index (χ0) is 14.3. The van der Waals surface area contributed by atoms with Crippen molar-refractivity contribution in [3.8, 4) is 5.75 Å². The zero-order valence-electron chi connectivity index (χ0n) is 11.2. The molecule has 1 aromatic heterocycles. The lowest BCUT2D eigenvalue weighted by molar-refractivity contribution is -0.122. The van der Waals surface area contributed by atoms with Crippen LogP contribution in [0.2, 0.25) is 0 Å². The molecule has 1 aliphatic heterocycles. The summed E-state index contributed by atoms with van der Waals surface area (Å²) in [6, 6.07) is 4.27. The van der Waals surface area contributed by atoms with E-state index in [1.54, 1.807) is 24.0 Å². The Kier molecular flexibility index (Phi) is 2.93. The number of nitrogens with one attached hydrogen (secondary N) is 1. The summed E-state index contributed by atoms with van der Waals surface area (Å²) < 4.78 is 20.3. The fraction of sp³-hybridized carbons (Fsp3) is 0.286. The van der Waals surface area contributed by atoms with E-state index >= 15 is 0 Å². The van der Waals surface area contributed by atoms with E-state index < -0.39 is 6.10 Å². The van der Waals surface area contributed by atoms with Crippen molar-refractivity contribution in [2.45, 2.75) is 19.4 Å². The number of hydrogen-bond donors (Lipinski definition) is 1. The Morgan fingerprint density at radius 1 is 1.55 bits per heavy atom. The summed E-state index contributed by atoms with van der Waals surface area (Å²) in [7, 11) is 1.79. The summed E-state index contributed by atoms with van der Waals surface area (Å²) in [6.45, 7) is 1.81. The van der Waals surface area contributed by atoms with Gasteiger partial charge in [-0.1, -0.05) is 0 Å². The summed E-state index contributed by atoms with van der Waals surface area (Å²) >= 11 is 0. The molecule has 0 fully saturated rings. The highest BCUT2D eigenvalue weighted by atomic mass is 19.1. The van der Waals surface area contributed by atoms with Gasteiger partial charge in [-0.25, -0.2) is 4.39 Å². The minimum absolute atomic E-state index is 0.252. The molecule has 0 saturated heterocycles. The van der Waals surface area contributed by atoms with Crippen LogP contribution in [0.4, 0.5) is 10.1 Å². The lowest BCUT2D eigenvalue weighted by Gasteiger charge is -2.10. The van der Waals surface area contributed by atoms with Crippen molar-refractivity contribution in [1.82, 2.24) is 9.78 Å². The van der Waals surface area contributed by atoms with Gasteiger partial charge in [-0.3, -0.25) is 9.48 Å². The van der Waals surface area contributed by atoms with Crippen LogP contribution in [0, 0.1) is 12.7 Å². The molecular weight excluding hydrogens is 261 g/mol. The van der Waals surface area contributed by atoms with Gasteiger partial charge in [-0.2, -0.15) is 5.10 Å². The first-order valence-corrected chi connectivity index (χ1v) is 6.29. The standard InChI is InChI=1S/C14H14FN3O2/c1-8-11(7-18(2)17-8)16-14(19)13-6-9-5-10(15)3-4-12(9)20-13/h3-5,7,13H,6H2,1-2H3,(H,16,19). The lowest BCUT2D eigenvalue weighted by Crippen LogP contribution is -2.31. The van der Waals surface area contributed by atoms with Gasteiger partial charge >= 0.3 is 0 Å². The van der Waals surface area contributed by atoms with Crippen LogP contribution in [0.15, 0.2) is 24.4 Å². The second-order valence-electron chi connectivity index (χ2n) is 4.85. The first kappa shape index (κ1) is 12.7. The first-order chi connectivity index (χ1) is 9.52. The maximum Gasteiger partial charge on any atom is 0.265 e. The van der Waals surface area contributed by atoms with Crippen molar-refractivity contribution in [3.63, 3.8) is 0 Å². The van der Waals surface area contributed by atoms with Gasteiger partial charge in [0.2, 0.25) is 0 Å². The molecule has 0 saturated carbocycles. The van der Waals surface area contributed by atoms with Gasteiger partial charge in [0.15, 0.2) is 6.10 Å². The summed E-state index contributed by atoms with van der Waals surface area (Å²) in [5.41, 5.74) is 2.11. The number of carbonyl (C=O) groups excluding carboxylic acids is 1. The molecule has 1 N–H and O–H groups in total. The molecular formula is C14H14FN3O2. The van der Waals surface area contributed by atoms with E-state index in [0.717, 1.165) is 5.69 Å². The molecule has 1 aliphatic rings. The number of hydrogen-bond acceptors (Lipinski definition) is 3. The third kappa shape index (κ3) is 2.24. The van der Waals surface area contributed by atoms with Crippen molar-refractivity contribution in [1.29, 1.82) is 0 Å². The van der Waals surface area contributed by atoms with E-state index in [9.17, 15) is 9.18 Å². The highest BCUT2D eigenvalue weighted by Crippen LogP contribution is 2.29. The maximum atomic E-state index is 13.1. The molecule has 0 aliphatic carbocycles. The van der Waals surface area contributed by atoms with Crippen LogP contribution in [-0.2, 0) is 18.3 Å². The van der Waals surface area contributed by atoms with Gasteiger partial charge < -0.3 is 10.1 Å². The van der Waals surface area contributed by atoms with Gasteiger partial charge in [-0.15, -0.1) is 0 Å². The number of carbonyl (C=O) groups is 1. The van der Waals surface area contributed by atoms with Crippen LogP contribution < -0.4 is 10.1 Å². The Bertz CT molecular complexity index is 681. The third-order valence-electron chi connectivity index (χ3n) is 3.26. The molecule has 1 aromatic carbocycles. The van der Waals surface area contributed by atoms with Gasteiger partial charge in [0.25, 0.3) is 5.91 Å². The molecule has 0 spiro atoms. The molecule has 2 heterocycles. The highest BCUT2D eigenvalue weighted by Gasteiger charge is 2.29. The molecule has 3 rings (SSSR count). The molecule has 2 aromatic rings. The number of nitrogens with zero attached hydrogens (tertiary/aromatic N) is 2. The molecule has 0 bridgehead atoms. The van der Waals surface area contributed by atoms with Gasteiger partial charge in [0.05, 0.1) is 11.4 Å². The summed E-state index contributed by atoms with van der Waals surface area (Å²) in [6.07, 6.45) is 1.47. The Balaban J connectivity index is 1.73. The number of aryl methyl sites for hydroxylation is 2. The molecule has 1 atom stereocenters. The van der Waals surface area contributed by atoms with E-state index in [0.29, 0.717) is 23.4 Å². The zero-order valence-corrected chi connectivity index (χ0v) is 11.2. The molecule has 0 radical (unpaired) electrons. The number of benzene rings is 1. The molecule has 1 amide bonds. The summed E-state index contributed by atoms with van der Waals surface area (Å²) in [5.74, 6) is -0.0105. The maximum absolute atomic E-state index is 13.1. The number of rotatable bonds is 2. The summed E-state index contributed by atoms with van der Waals surface area (Å²) in [4.78, 5) is 12.2. The number of fused-ring (bicyclic) bond motifs is 1. The predicted molar refractivity (Wildman–Crippen MR) is 71.1 cm³/mol. The quantitative estimate of drug-likeness (QED) is 0.909. The second-order valence-corrected chi connectivity index (χ2v) is 4.85. The molecule has 1 unspecified atom stereocenters. The van der Waals surface area contributed by atoms with Crippen molar-refractivity contribution < 1.29 is 13.9 Å². The predicted octanol–water partition coefficient (Wildman–Crippen LogP) is 1.81. The van der Waals surface area contributed by atoms with Crippen molar-refractivity contribution >= 4 is 11.6 Å². The normalized spacial score (nSPS) is 16.6. The second kappa shape index (κ2) is 4.63. The number of ether oxygens (including phenoxy) is 1. The first-order valence-electron chi connectivity index (χ1n) is 6.29. The Labute approximate surface area is 115 Å². The van der Waals surface area contributed by atoms with Crippen molar-refractivity contribution in [3.05, 3.63) is 41.5 Å². The van der Waals surface area contributed by atoms with E-state index in [1.807, 2.05) is 6.92 Å². The molecule has 5 nitrogen and oxygen atoms in total. The summed E-state index contributed by atoms with van der Waals surface area (Å²) in [5, 5.41) is 6.93. The Morgan fingerprint density at radius 2 is 2.35 bits per heavy atom. The van der Waals surface area contributed by atoms with Crippen molar-refractivity contribution in [2.75, 3.05) is 5.32 Å². The SMILES string of the molecule is Cc1nn(C)cc1NC(=O)C1Cc2cc(F)ccc2O1. The van der Waals surface area contributed by atoms with Crippen LogP contribution >= 0.6 is 0 Å². The Morgan fingerprint density at radius 3 is 3.05 bits per heavy atom. The Hall–Kier alpha value is -2.37. The highest BCUT2D eigenvalue weighted by molar-refractivity contribution is 5.95. The third-order valence-corrected chi connectivity index (χ3v) is 3.26. The van der Waals surface area contributed by atoms with Crippen LogP contribution in [-0.4, -0.2) is 21.8 Å². The van der Waals surface area contributed by atoms with E-state index in [4.69, 9.17) is 4.74 Å².